The first-order chi connectivity index (χ1) is 23.1. The Kier molecular flexibility index (Phi) is 16.9. The molecule has 2 N–H and O–H groups in total. The van der Waals surface area contributed by atoms with Crippen LogP contribution in [0.2, 0.25) is 20.1 Å². The van der Waals surface area contributed by atoms with Crippen molar-refractivity contribution in [3.8, 4) is 0 Å². The zero-order valence-corrected chi connectivity index (χ0v) is 29.9. The highest BCUT2D eigenvalue weighted by atomic mass is 35.5. The summed E-state index contributed by atoms with van der Waals surface area (Å²) < 4.78 is 26.7. The number of nitrogens with two attached hydrogens (primary N) is 1. The summed E-state index contributed by atoms with van der Waals surface area (Å²) in [5, 5.41) is 13.0. The molecule has 0 aromatic heterocycles. The van der Waals surface area contributed by atoms with Crippen molar-refractivity contribution >= 4 is 80.9 Å². The molecular formula is C36H32Cl4F2N4O3. The molecule has 0 saturated heterocycles. The normalized spacial score (nSPS) is 11.5. The Morgan fingerprint density at radius 2 is 1.00 bits per heavy atom. The molecule has 7 nitrogen and oxygen atoms in total. The van der Waals surface area contributed by atoms with Crippen LogP contribution < -0.4 is 5.84 Å². The fourth-order valence-corrected chi connectivity index (χ4v) is 4.54. The maximum atomic E-state index is 13.8. The van der Waals surface area contributed by atoms with Crippen molar-refractivity contribution in [1.82, 2.24) is 0 Å². The minimum Gasteiger partial charge on any atom is -0.323 e. The Hall–Kier alpha value is -4.28. The lowest BCUT2D eigenvalue weighted by Crippen LogP contribution is -2.12. The second-order valence-electron chi connectivity index (χ2n) is 10.4. The summed E-state index contributed by atoms with van der Waals surface area (Å²) in [4.78, 5) is 34.3. The molecule has 0 saturated carbocycles. The van der Waals surface area contributed by atoms with E-state index in [2.05, 4.69) is 15.3 Å². The van der Waals surface area contributed by atoms with Gasteiger partial charge in [0.1, 0.15) is 28.8 Å². The van der Waals surface area contributed by atoms with Gasteiger partial charge < -0.3 is 5.84 Å². The van der Waals surface area contributed by atoms with E-state index in [1.165, 1.54) is 25.1 Å². The predicted molar refractivity (Wildman–Crippen MR) is 196 cm³/mol. The van der Waals surface area contributed by atoms with Crippen LogP contribution in [0.4, 0.5) is 8.78 Å². The number of hydrogen-bond acceptors (Lipinski definition) is 7. The van der Waals surface area contributed by atoms with Gasteiger partial charge in [-0.1, -0.05) is 58.5 Å². The summed E-state index contributed by atoms with van der Waals surface area (Å²) >= 11 is 23.1. The Labute approximate surface area is 303 Å². The summed E-state index contributed by atoms with van der Waals surface area (Å²) in [5.41, 5.74) is 2.72. The molecule has 4 aromatic rings. The molecule has 0 unspecified atom stereocenters. The van der Waals surface area contributed by atoms with E-state index in [1.807, 2.05) is 0 Å². The van der Waals surface area contributed by atoms with Gasteiger partial charge in [0.25, 0.3) is 0 Å². The highest BCUT2D eigenvalue weighted by Crippen LogP contribution is 2.21. The second-order valence-corrected chi connectivity index (χ2v) is 12.1. The summed E-state index contributed by atoms with van der Waals surface area (Å²) in [6.07, 6.45) is 0.281. The standard InChI is InChI=1S/C18H15Cl2FN2O.C9H8ClFO.C9H9ClN2O/c1-11(10-15-16(20)4-3-5-17(15)21)22-23-12(2)18(24)13-6-8-14(19)9-7-13;1-6(12)5-7-8(10)3-2-4-9(7)11;1-6(12-11)9(13)7-2-4-8(10)5-3-7/h3-9H,10H2,1-2H3;2-4H,5H2,1H3;2-5H,11H2,1H3/b22-11-,23-12-;;12-6-. The number of Topliss-reactive ketones (excluding diaryl/α,β-unsaturated/α-hetero) is 3. The van der Waals surface area contributed by atoms with E-state index in [9.17, 15) is 23.2 Å². The van der Waals surface area contributed by atoms with Crippen LogP contribution in [0.25, 0.3) is 0 Å². The topological polar surface area (TPSA) is 114 Å². The van der Waals surface area contributed by atoms with Crippen LogP contribution in [-0.4, -0.2) is 34.5 Å². The smallest absolute Gasteiger partial charge is 0.208 e. The monoisotopic (exact) mass is 746 g/mol. The van der Waals surface area contributed by atoms with Crippen LogP contribution in [0.5, 0.6) is 0 Å². The molecular weight excluding hydrogens is 716 g/mol. The lowest BCUT2D eigenvalue weighted by atomic mass is 10.1. The van der Waals surface area contributed by atoms with Crippen molar-refractivity contribution in [1.29, 1.82) is 0 Å². The van der Waals surface area contributed by atoms with E-state index in [1.54, 1.807) is 87.5 Å². The molecule has 0 bridgehead atoms. The second kappa shape index (κ2) is 20.3. The number of halogens is 6. The van der Waals surface area contributed by atoms with Crippen LogP contribution in [0.3, 0.4) is 0 Å². The summed E-state index contributed by atoms with van der Waals surface area (Å²) in [6, 6.07) is 22.0. The number of ketones is 3. The number of nitrogens with zero attached hydrogens (tertiary/aromatic N) is 3. The van der Waals surface area contributed by atoms with E-state index < -0.39 is 11.6 Å². The van der Waals surface area contributed by atoms with Crippen LogP contribution in [0, 0.1) is 11.6 Å². The van der Waals surface area contributed by atoms with Crippen molar-refractivity contribution in [2.45, 2.75) is 40.5 Å². The summed E-state index contributed by atoms with van der Waals surface area (Å²) in [7, 11) is 0. The average Bonchev–Trinajstić information content (AvgIpc) is 3.07. The maximum absolute atomic E-state index is 13.8. The third-order valence-corrected chi connectivity index (χ3v) is 7.63. The van der Waals surface area contributed by atoms with Gasteiger partial charge in [0.05, 0.1) is 0 Å². The maximum Gasteiger partial charge on any atom is 0.208 e. The van der Waals surface area contributed by atoms with Gasteiger partial charge in [-0.3, -0.25) is 14.4 Å². The minimum atomic E-state index is -0.419. The zero-order valence-electron chi connectivity index (χ0n) is 26.9. The van der Waals surface area contributed by atoms with E-state index in [0.29, 0.717) is 42.5 Å². The molecule has 0 fully saturated rings. The Balaban J connectivity index is 0.000000281. The van der Waals surface area contributed by atoms with Crippen molar-refractivity contribution in [3.63, 3.8) is 0 Å². The molecule has 0 atom stereocenters. The van der Waals surface area contributed by atoms with Crippen molar-refractivity contribution in [3.05, 3.63) is 139 Å². The van der Waals surface area contributed by atoms with Crippen LogP contribution in [0.15, 0.2) is 100 Å². The molecule has 0 aliphatic rings. The Bertz CT molecular complexity index is 1840. The fourth-order valence-electron chi connectivity index (χ4n) is 3.83. The number of hydrazone groups is 1. The number of carbonyl (C=O) groups is 3. The van der Waals surface area contributed by atoms with Gasteiger partial charge in [-0.25, -0.2) is 8.78 Å². The van der Waals surface area contributed by atoms with Gasteiger partial charge in [-0.15, -0.1) is 0 Å². The van der Waals surface area contributed by atoms with Crippen molar-refractivity contribution < 1.29 is 23.2 Å². The molecule has 0 heterocycles. The number of benzene rings is 4. The van der Waals surface area contributed by atoms with Gasteiger partial charge in [0.15, 0.2) is 0 Å². The van der Waals surface area contributed by atoms with Crippen LogP contribution in [-0.2, 0) is 17.6 Å². The van der Waals surface area contributed by atoms with Crippen molar-refractivity contribution in [2.75, 3.05) is 0 Å². The molecule has 0 amide bonds. The van der Waals surface area contributed by atoms with E-state index in [-0.39, 0.29) is 47.2 Å². The predicted octanol–water partition coefficient (Wildman–Crippen LogP) is 9.86. The lowest BCUT2D eigenvalue weighted by Gasteiger charge is -2.04. The van der Waals surface area contributed by atoms with Crippen LogP contribution >= 0.6 is 46.4 Å². The molecule has 0 aliphatic carbocycles. The Morgan fingerprint density at radius 3 is 1.39 bits per heavy atom. The molecule has 0 spiro atoms. The molecule has 256 valence electrons. The SMILES string of the molecule is C/C(=N/N)C(=O)c1ccc(Cl)cc1.C/C(Cc1c(F)cccc1Cl)=N/N=C(/C)C(=O)c1ccc(Cl)cc1.CC(=O)Cc1c(F)cccc1Cl. The number of hydrogen-bond donors (Lipinski definition) is 1. The van der Waals surface area contributed by atoms with Crippen molar-refractivity contribution in [2.24, 2.45) is 21.1 Å². The third-order valence-electron chi connectivity index (χ3n) is 6.42. The van der Waals surface area contributed by atoms with Gasteiger partial charge in [-0.2, -0.15) is 15.3 Å². The average molecular weight is 748 g/mol. The number of rotatable bonds is 9. The van der Waals surface area contributed by atoms with E-state index >= 15 is 0 Å². The summed E-state index contributed by atoms with van der Waals surface area (Å²) in [6.45, 7) is 6.25. The first-order valence-electron chi connectivity index (χ1n) is 14.4. The minimum absolute atomic E-state index is 0.0610. The first-order valence-corrected chi connectivity index (χ1v) is 15.9. The molecule has 0 aliphatic heterocycles. The third kappa shape index (κ3) is 13.6. The van der Waals surface area contributed by atoms with Gasteiger partial charge in [0, 0.05) is 60.9 Å². The highest BCUT2D eigenvalue weighted by molar-refractivity contribution is 6.46. The van der Waals surface area contributed by atoms with Gasteiger partial charge >= 0.3 is 0 Å². The highest BCUT2D eigenvalue weighted by Gasteiger charge is 2.12. The summed E-state index contributed by atoms with van der Waals surface area (Å²) in [5.74, 6) is 3.65. The van der Waals surface area contributed by atoms with Gasteiger partial charge in [-0.05, 0) is 100 Å². The van der Waals surface area contributed by atoms with Crippen LogP contribution in [0.1, 0.15) is 59.5 Å². The Morgan fingerprint density at radius 1 is 0.592 bits per heavy atom. The fraction of sp³-hybridized carbons (Fsp3) is 0.167. The number of carbonyl (C=O) groups excluding carboxylic acids is 3. The molecule has 0 radical (unpaired) electrons. The van der Waals surface area contributed by atoms with E-state index in [0.717, 1.165) is 0 Å². The largest absolute Gasteiger partial charge is 0.323 e. The quantitative estimate of drug-likeness (QED) is 0.0795. The molecule has 49 heavy (non-hydrogen) atoms. The lowest BCUT2D eigenvalue weighted by molar-refractivity contribution is -0.116. The molecule has 13 heteroatoms. The van der Waals surface area contributed by atoms with Gasteiger partial charge in [0.2, 0.25) is 11.6 Å². The first kappa shape index (κ1) is 40.9. The van der Waals surface area contributed by atoms with E-state index in [4.69, 9.17) is 52.2 Å². The zero-order chi connectivity index (χ0) is 36.7. The molecule has 4 aromatic carbocycles. The molecule has 4 rings (SSSR count).